The van der Waals surface area contributed by atoms with E-state index in [0.717, 1.165) is 0 Å². The molecule has 2 aliphatic carbocycles. The number of hydrogen-bond acceptors (Lipinski definition) is 0. The van der Waals surface area contributed by atoms with Crippen molar-refractivity contribution in [3.8, 4) is 22.3 Å². The summed E-state index contributed by atoms with van der Waals surface area (Å²) in [7, 11) is 0. The van der Waals surface area contributed by atoms with Crippen molar-refractivity contribution in [2.45, 2.75) is 45.0 Å². The van der Waals surface area contributed by atoms with Crippen LogP contribution in [-0.2, 0) is 18.9 Å². The van der Waals surface area contributed by atoms with Crippen LogP contribution >= 0.6 is 24.8 Å². The largest absolute Gasteiger partial charge is 0.147 e. The molecule has 40 heavy (non-hydrogen) atoms. The molecule has 0 aromatic heterocycles. The molecule has 0 amide bonds. The van der Waals surface area contributed by atoms with E-state index in [1.54, 1.807) is 22.3 Å². The second-order valence-electron chi connectivity index (χ2n) is 11.3. The van der Waals surface area contributed by atoms with Gasteiger partial charge in [0, 0.05) is 0 Å². The molecule has 4 aromatic rings. The van der Waals surface area contributed by atoms with Gasteiger partial charge in [-0.1, -0.05) is 0 Å². The van der Waals surface area contributed by atoms with Gasteiger partial charge in [-0.15, -0.1) is 24.8 Å². The van der Waals surface area contributed by atoms with E-state index < -0.39 is 18.9 Å². The monoisotopic (exact) mass is 659 g/mol. The Hall–Kier alpha value is -1.96. The molecule has 0 N–H and O–H groups in total. The zero-order valence-corrected chi connectivity index (χ0v) is 29.2. The summed E-state index contributed by atoms with van der Waals surface area (Å²) in [6, 6.07) is 36.1. The third-order valence-electron chi connectivity index (χ3n) is 8.87. The van der Waals surface area contributed by atoms with Crippen molar-refractivity contribution in [1.29, 1.82) is 0 Å². The summed E-state index contributed by atoms with van der Waals surface area (Å²) in [6.45, 7) is 9.73. The van der Waals surface area contributed by atoms with E-state index in [1.807, 2.05) is 0 Å². The van der Waals surface area contributed by atoms with Gasteiger partial charge in [0.05, 0.1) is 0 Å². The fraction of sp³-hybridized carbons (Fsp3) is 0.222. The predicted octanol–water partition coefficient (Wildman–Crippen LogP) is 10.4. The predicted molar refractivity (Wildman–Crippen MR) is 179 cm³/mol. The van der Waals surface area contributed by atoms with Crippen LogP contribution in [0.2, 0.25) is 4.13 Å². The Morgan fingerprint density at radius 3 is 1.43 bits per heavy atom. The van der Waals surface area contributed by atoms with E-state index in [-0.39, 0.29) is 24.8 Å². The summed E-state index contributed by atoms with van der Waals surface area (Å²) in [5, 5.41) is 0. The average molecular weight is 662 g/mol. The van der Waals surface area contributed by atoms with E-state index >= 15 is 0 Å². The van der Waals surface area contributed by atoms with Crippen LogP contribution in [0.15, 0.2) is 108 Å². The topological polar surface area (TPSA) is 0 Å². The Morgan fingerprint density at radius 2 is 1.02 bits per heavy atom. The molecule has 4 aromatic carbocycles. The minimum absolute atomic E-state index is 0. The van der Waals surface area contributed by atoms with Crippen LogP contribution in [0, 0.1) is 0 Å². The third kappa shape index (κ3) is 5.34. The van der Waals surface area contributed by atoms with Gasteiger partial charge in [0.15, 0.2) is 0 Å². The second kappa shape index (κ2) is 12.9. The van der Waals surface area contributed by atoms with Gasteiger partial charge in [-0.2, -0.15) is 0 Å². The van der Waals surface area contributed by atoms with Gasteiger partial charge in [0.25, 0.3) is 0 Å². The summed E-state index contributed by atoms with van der Waals surface area (Å²) in [4.78, 5) is 0. The summed E-state index contributed by atoms with van der Waals surface area (Å²) in [6.07, 6.45) is 7.71. The van der Waals surface area contributed by atoms with Gasteiger partial charge in [-0.05, 0) is 0 Å². The third-order valence-corrected chi connectivity index (χ3v) is 28.4. The van der Waals surface area contributed by atoms with Crippen LogP contribution in [0.3, 0.4) is 0 Å². The average Bonchev–Trinajstić information content (AvgIpc) is 3.48. The zero-order chi connectivity index (χ0) is 26.3. The maximum atomic E-state index is 2.54. The molecular formula is C36H39Cl2SiZr. The first-order valence-electron chi connectivity index (χ1n) is 14.1. The van der Waals surface area contributed by atoms with Gasteiger partial charge >= 0.3 is 236 Å². The van der Waals surface area contributed by atoms with Crippen LogP contribution in [-0.4, -0.2) is 6.88 Å². The first kappa shape index (κ1) is 31.0. The molecule has 4 heteroatoms. The van der Waals surface area contributed by atoms with E-state index in [0.29, 0.717) is 7.25 Å². The summed E-state index contributed by atoms with van der Waals surface area (Å²) in [5.74, 6) is 0. The standard InChI is InChI=1S/2C16H13.C4H9.2ClH.H2Si.Zr/c2*1-12-10-14-8-5-9-15(16(14)11-12)13-6-3-2-4-7-13;1-3-4-2;;;;/h2*2-11H,1H3;1,3-4H2,2H3;2*1H;1H2;. The van der Waals surface area contributed by atoms with Gasteiger partial charge in [-0.3, -0.25) is 0 Å². The Kier molecular flexibility index (Phi) is 10.0. The van der Waals surface area contributed by atoms with Crippen molar-refractivity contribution in [1.82, 2.24) is 0 Å². The summed E-state index contributed by atoms with van der Waals surface area (Å²) in [5.41, 5.74) is 14.8. The number of allylic oxidation sites excluding steroid dienone is 2. The molecule has 0 radical (unpaired) electrons. The fourth-order valence-electron chi connectivity index (χ4n) is 7.33. The van der Waals surface area contributed by atoms with Gasteiger partial charge in [-0.25, -0.2) is 0 Å². The Balaban J connectivity index is 0.00000185. The van der Waals surface area contributed by atoms with Crippen LogP contribution < -0.4 is 0 Å². The van der Waals surface area contributed by atoms with Gasteiger partial charge < -0.3 is 0 Å². The Bertz CT molecular complexity index is 1490. The normalized spacial score (nSPS) is 18.4. The SMILES string of the molecule is CCC[CH2][Zr](=[SiH2])([CH]1C(C)=Cc2c(-c3ccccc3)cccc21)[CH]1C(C)=Cc2c(-c3ccccc3)cccc21.Cl.Cl. The number of unbranched alkanes of at least 4 members (excludes halogenated alkanes) is 1. The molecule has 2 unspecified atom stereocenters. The maximum absolute atomic E-state index is 2.91. The molecule has 6 rings (SSSR count). The molecule has 0 aliphatic heterocycles. The number of rotatable bonds is 7. The molecular weight excluding hydrogens is 623 g/mol. The molecule has 0 spiro atoms. The number of halogens is 2. The van der Waals surface area contributed by atoms with Gasteiger partial charge in [0.1, 0.15) is 0 Å². The Labute approximate surface area is 258 Å². The van der Waals surface area contributed by atoms with Crippen LogP contribution in [0.4, 0.5) is 0 Å². The molecule has 2 atom stereocenters. The fourth-order valence-corrected chi connectivity index (χ4v) is 29.1. The molecule has 0 saturated heterocycles. The number of benzene rings is 4. The summed E-state index contributed by atoms with van der Waals surface area (Å²) < 4.78 is 2.67. The van der Waals surface area contributed by atoms with Crippen LogP contribution in [0.5, 0.6) is 0 Å². The molecule has 0 saturated carbocycles. The molecule has 0 heterocycles. The van der Waals surface area contributed by atoms with Crippen molar-refractivity contribution in [2.24, 2.45) is 0 Å². The summed E-state index contributed by atoms with van der Waals surface area (Å²) >= 11 is -2.91. The zero-order valence-electron chi connectivity index (χ0n) is 23.7. The van der Waals surface area contributed by atoms with Crippen molar-refractivity contribution in [3.05, 3.63) is 130 Å². The van der Waals surface area contributed by atoms with Crippen molar-refractivity contribution < 1.29 is 18.9 Å². The Morgan fingerprint density at radius 1 is 0.600 bits per heavy atom. The number of fused-ring (bicyclic) bond motifs is 2. The number of hydrogen-bond donors (Lipinski definition) is 0. The van der Waals surface area contributed by atoms with E-state index in [1.165, 1.54) is 50.4 Å². The van der Waals surface area contributed by atoms with E-state index in [9.17, 15) is 0 Å². The van der Waals surface area contributed by atoms with Gasteiger partial charge in [0.2, 0.25) is 0 Å². The quantitative estimate of drug-likeness (QED) is 0.173. The van der Waals surface area contributed by atoms with Crippen molar-refractivity contribution in [2.75, 3.05) is 0 Å². The van der Waals surface area contributed by atoms with E-state index in [2.05, 4.69) is 137 Å². The molecule has 0 fully saturated rings. The minimum Gasteiger partial charge on any atom is -0.147 e. The van der Waals surface area contributed by atoms with Crippen molar-refractivity contribution in [3.63, 3.8) is 0 Å². The molecule has 205 valence electrons. The van der Waals surface area contributed by atoms with Crippen LogP contribution in [0.1, 0.15) is 63.1 Å². The smallest absolute Gasteiger partial charge is 0.147 e. The van der Waals surface area contributed by atoms with Crippen molar-refractivity contribution >= 4 is 43.8 Å². The molecule has 2 aliphatic rings. The maximum Gasteiger partial charge on any atom is -0.147 e. The first-order chi connectivity index (χ1) is 18.5. The first-order valence-corrected chi connectivity index (χ1v) is 24.6. The molecule has 0 nitrogen and oxygen atoms in total. The van der Waals surface area contributed by atoms with E-state index in [4.69, 9.17) is 0 Å². The van der Waals surface area contributed by atoms with Crippen LogP contribution in [0.25, 0.3) is 34.4 Å². The second-order valence-corrected chi connectivity index (χ2v) is 29.2. The minimum atomic E-state index is -2.91. The molecule has 0 bridgehead atoms.